The average molecular weight is 238 g/mol. The normalized spacial score (nSPS) is 27.8. The highest BCUT2D eigenvalue weighted by atomic mass is 16.1. The molecule has 2 fully saturated rings. The zero-order valence-electron chi connectivity index (χ0n) is 11.5. The van der Waals surface area contributed by atoms with Gasteiger partial charge in [0, 0.05) is 37.6 Å². The monoisotopic (exact) mass is 238 g/mol. The summed E-state index contributed by atoms with van der Waals surface area (Å²) in [6, 6.07) is 0.750. The number of fused-ring (bicyclic) bond motifs is 1. The van der Waals surface area contributed by atoms with Crippen LogP contribution in [0.25, 0.3) is 0 Å². The first-order chi connectivity index (χ1) is 7.99. The van der Waals surface area contributed by atoms with Crippen molar-refractivity contribution in [2.24, 2.45) is 5.41 Å². The van der Waals surface area contributed by atoms with Crippen LogP contribution in [0.2, 0.25) is 0 Å². The first-order valence-electron chi connectivity index (χ1n) is 6.96. The van der Waals surface area contributed by atoms with Crippen LogP contribution in [0.3, 0.4) is 0 Å². The van der Waals surface area contributed by atoms with Gasteiger partial charge in [0.05, 0.1) is 0 Å². The fraction of sp³-hybridized carbons (Fsp3) is 0.929. The zero-order chi connectivity index (χ0) is 12.5. The first kappa shape index (κ1) is 13.0. The lowest BCUT2D eigenvalue weighted by atomic mass is 9.87. The number of Topliss-reactive ketones (excluding diaryl/α,β-unsaturated/α-hetero) is 1. The van der Waals surface area contributed by atoms with Crippen LogP contribution in [0.5, 0.6) is 0 Å². The van der Waals surface area contributed by atoms with Crippen molar-refractivity contribution in [3.8, 4) is 0 Å². The van der Waals surface area contributed by atoms with Gasteiger partial charge >= 0.3 is 0 Å². The van der Waals surface area contributed by atoms with E-state index >= 15 is 0 Å². The molecular weight excluding hydrogens is 212 g/mol. The molecule has 2 saturated heterocycles. The van der Waals surface area contributed by atoms with Crippen LogP contribution < -0.4 is 0 Å². The number of ketones is 1. The smallest absolute Gasteiger partial charge is 0.136 e. The van der Waals surface area contributed by atoms with E-state index in [-0.39, 0.29) is 5.41 Å². The number of piperazine rings is 1. The Morgan fingerprint density at radius 1 is 1.24 bits per heavy atom. The molecule has 17 heavy (non-hydrogen) atoms. The van der Waals surface area contributed by atoms with Crippen molar-refractivity contribution in [3.63, 3.8) is 0 Å². The molecule has 1 atom stereocenters. The molecule has 3 heteroatoms. The van der Waals surface area contributed by atoms with Gasteiger partial charge in [-0.2, -0.15) is 0 Å². The molecule has 0 saturated carbocycles. The highest BCUT2D eigenvalue weighted by Gasteiger charge is 2.33. The van der Waals surface area contributed by atoms with Crippen molar-refractivity contribution in [2.75, 3.05) is 32.7 Å². The molecule has 1 unspecified atom stereocenters. The molecule has 2 heterocycles. The minimum Gasteiger partial charge on any atom is -0.300 e. The quantitative estimate of drug-likeness (QED) is 0.748. The molecule has 0 aliphatic carbocycles. The van der Waals surface area contributed by atoms with E-state index < -0.39 is 0 Å². The molecule has 2 rings (SSSR count). The molecule has 98 valence electrons. The number of hydrogen-bond acceptors (Lipinski definition) is 3. The van der Waals surface area contributed by atoms with Crippen molar-refractivity contribution >= 4 is 5.78 Å². The van der Waals surface area contributed by atoms with Crippen molar-refractivity contribution < 1.29 is 4.79 Å². The number of hydrogen-bond donors (Lipinski definition) is 0. The number of rotatable bonds is 3. The Bertz CT molecular complexity index is 288. The second kappa shape index (κ2) is 5.07. The van der Waals surface area contributed by atoms with E-state index in [0.717, 1.165) is 25.7 Å². The van der Waals surface area contributed by atoms with Gasteiger partial charge in [0.25, 0.3) is 0 Å². The summed E-state index contributed by atoms with van der Waals surface area (Å²) < 4.78 is 0. The van der Waals surface area contributed by atoms with Gasteiger partial charge in [0.2, 0.25) is 0 Å². The minimum absolute atomic E-state index is 0.184. The zero-order valence-corrected chi connectivity index (χ0v) is 11.5. The van der Waals surface area contributed by atoms with E-state index in [1.54, 1.807) is 6.92 Å². The molecular formula is C14H26N2O. The Labute approximate surface area is 105 Å². The molecule has 0 aromatic heterocycles. The maximum Gasteiger partial charge on any atom is 0.136 e. The number of carbonyl (C=O) groups is 1. The average Bonchev–Trinajstić information content (AvgIpc) is 2.28. The predicted octanol–water partition coefficient (Wildman–Crippen LogP) is 1.77. The lowest BCUT2D eigenvalue weighted by Crippen LogP contribution is -2.56. The maximum atomic E-state index is 11.6. The topological polar surface area (TPSA) is 23.6 Å². The molecule has 0 bridgehead atoms. The second-order valence-corrected chi connectivity index (χ2v) is 6.36. The number of carbonyl (C=O) groups excluding carboxylic acids is 1. The Balaban J connectivity index is 1.89. The van der Waals surface area contributed by atoms with Crippen molar-refractivity contribution in [2.45, 2.75) is 46.1 Å². The van der Waals surface area contributed by atoms with Gasteiger partial charge in [-0.1, -0.05) is 20.3 Å². The molecule has 3 nitrogen and oxygen atoms in total. The van der Waals surface area contributed by atoms with Crippen LogP contribution in [-0.2, 0) is 4.79 Å². The van der Waals surface area contributed by atoms with Crippen LogP contribution in [0.4, 0.5) is 0 Å². The highest BCUT2D eigenvalue weighted by molar-refractivity contribution is 5.81. The van der Waals surface area contributed by atoms with Crippen molar-refractivity contribution in [1.82, 2.24) is 9.80 Å². The molecule has 0 aromatic rings. The van der Waals surface area contributed by atoms with Gasteiger partial charge in [-0.25, -0.2) is 0 Å². The Hall–Kier alpha value is -0.410. The third kappa shape index (κ3) is 3.08. The van der Waals surface area contributed by atoms with E-state index in [1.165, 1.54) is 32.4 Å². The summed E-state index contributed by atoms with van der Waals surface area (Å²) in [7, 11) is 0. The molecule has 2 aliphatic heterocycles. The lowest BCUT2D eigenvalue weighted by Gasteiger charge is -2.45. The summed E-state index contributed by atoms with van der Waals surface area (Å²) in [5, 5.41) is 0. The fourth-order valence-electron chi connectivity index (χ4n) is 3.03. The summed E-state index contributed by atoms with van der Waals surface area (Å²) in [4.78, 5) is 16.7. The summed E-state index contributed by atoms with van der Waals surface area (Å²) in [5.41, 5.74) is -0.184. The lowest BCUT2D eigenvalue weighted by molar-refractivity contribution is -0.126. The molecule has 0 spiro atoms. The first-order valence-corrected chi connectivity index (χ1v) is 6.96. The van der Waals surface area contributed by atoms with Gasteiger partial charge in [-0.15, -0.1) is 0 Å². The standard InChI is InChI=1S/C14H26N2O/c1-12(17)14(2,3)11-15-8-9-16-7-5-4-6-13(16)10-15/h13H,4-11H2,1-3H3. The third-order valence-electron chi connectivity index (χ3n) is 4.49. The van der Waals surface area contributed by atoms with E-state index in [1.807, 2.05) is 0 Å². The van der Waals surface area contributed by atoms with Gasteiger partial charge in [-0.05, 0) is 26.3 Å². The van der Waals surface area contributed by atoms with Crippen LogP contribution in [0.15, 0.2) is 0 Å². The van der Waals surface area contributed by atoms with Gasteiger partial charge in [0.1, 0.15) is 5.78 Å². The molecule has 2 aliphatic rings. The van der Waals surface area contributed by atoms with Crippen LogP contribution in [0.1, 0.15) is 40.0 Å². The van der Waals surface area contributed by atoms with E-state index in [9.17, 15) is 4.79 Å². The predicted molar refractivity (Wildman–Crippen MR) is 70.1 cm³/mol. The number of piperidine rings is 1. The summed E-state index contributed by atoms with van der Waals surface area (Å²) >= 11 is 0. The number of nitrogens with zero attached hydrogens (tertiary/aromatic N) is 2. The molecule has 0 N–H and O–H groups in total. The van der Waals surface area contributed by atoms with E-state index in [0.29, 0.717) is 5.78 Å². The maximum absolute atomic E-state index is 11.6. The van der Waals surface area contributed by atoms with Crippen molar-refractivity contribution in [3.05, 3.63) is 0 Å². The van der Waals surface area contributed by atoms with E-state index in [2.05, 4.69) is 23.6 Å². The van der Waals surface area contributed by atoms with Gasteiger partial charge in [-0.3, -0.25) is 14.6 Å². The fourth-order valence-corrected chi connectivity index (χ4v) is 3.03. The van der Waals surface area contributed by atoms with Crippen LogP contribution >= 0.6 is 0 Å². The summed E-state index contributed by atoms with van der Waals surface area (Å²) in [5.74, 6) is 0.309. The highest BCUT2D eigenvalue weighted by Crippen LogP contribution is 2.24. The third-order valence-corrected chi connectivity index (χ3v) is 4.49. The van der Waals surface area contributed by atoms with Crippen LogP contribution in [0, 0.1) is 5.41 Å². The van der Waals surface area contributed by atoms with Crippen molar-refractivity contribution in [1.29, 1.82) is 0 Å². The largest absolute Gasteiger partial charge is 0.300 e. The molecule has 0 radical (unpaired) electrons. The molecule has 0 amide bonds. The summed E-state index contributed by atoms with van der Waals surface area (Å²) in [6.45, 7) is 11.6. The second-order valence-electron chi connectivity index (χ2n) is 6.36. The van der Waals surface area contributed by atoms with Gasteiger partial charge < -0.3 is 0 Å². The van der Waals surface area contributed by atoms with E-state index in [4.69, 9.17) is 0 Å². The van der Waals surface area contributed by atoms with Gasteiger partial charge in [0.15, 0.2) is 0 Å². The minimum atomic E-state index is -0.184. The Morgan fingerprint density at radius 3 is 2.71 bits per heavy atom. The SMILES string of the molecule is CC(=O)C(C)(C)CN1CCN2CCCCC2C1. The Morgan fingerprint density at radius 2 is 2.00 bits per heavy atom. The Kier molecular flexibility index (Phi) is 3.88. The summed E-state index contributed by atoms with van der Waals surface area (Å²) in [6.07, 6.45) is 4.09. The van der Waals surface area contributed by atoms with Crippen LogP contribution in [-0.4, -0.2) is 54.3 Å². The molecule has 0 aromatic carbocycles.